The normalized spacial score (nSPS) is 26.6. The van der Waals surface area contributed by atoms with Crippen molar-refractivity contribution in [1.29, 1.82) is 0 Å². The molecule has 0 aliphatic carbocycles. The topological polar surface area (TPSA) is 37.4 Å². The van der Waals surface area contributed by atoms with Crippen molar-refractivity contribution >= 4 is 5.82 Å². The van der Waals surface area contributed by atoms with Crippen molar-refractivity contribution in [1.82, 2.24) is 9.88 Å². The van der Waals surface area contributed by atoms with Crippen molar-refractivity contribution in [2.75, 3.05) is 25.0 Å². The highest BCUT2D eigenvalue weighted by Gasteiger charge is 2.33. The summed E-state index contributed by atoms with van der Waals surface area (Å²) in [6.07, 6.45) is 6.44. The van der Waals surface area contributed by atoms with Crippen LogP contribution >= 0.6 is 0 Å². The van der Waals surface area contributed by atoms with Crippen LogP contribution in [0.25, 0.3) is 0 Å². The van der Waals surface area contributed by atoms with E-state index in [4.69, 9.17) is 4.74 Å². The molecule has 0 radical (unpaired) electrons. The maximum Gasteiger partial charge on any atom is 0.126 e. The highest BCUT2D eigenvalue weighted by atomic mass is 16.5. The number of morpholine rings is 1. The number of ether oxygens (including phenoxy) is 1. The molecule has 104 valence electrons. The molecule has 2 aliphatic heterocycles. The first-order valence-corrected chi connectivity index (χ1v) is 7.40. The number of rotatable bonds is 5. The number of nitrogens with one attached hydrogen (secondary N) is 1. The molecule has 2 saturated heterocycles. The van der Waals surface area contributed by atoms with E-state index in [1.807, 2.05) is 6.20 Å². The molecule has 0 aromatic carbocycles. The Bertz CT molecular complexity index is 412. The van der Waals surface area contributed by atoms with Crippen LogP contribution in [-0.4, -0.2) is 41.7 Å². The van der Waals surface area contributed by atoms with Crippen LogP contribution < -0.4 is 5.32 Å². The van der Waals surface area contributed by atoms with Crippen LogP contribution in [0.5, 0.6) is 0 Å². The summed E-state index contributed by atoms with van der Waals surface area (Å²) < 4.78 is 5.88. The molecule has 4 heteroatoms. The zero-order chi connectivity index (χ0) is 13.1. The second-order valence-electron chi connectivity index (χ2n) is 5.63. The summed E-state index contributed by atoms with van der Waals surface area (Å²) >= 11 is 0. The van der Waals surface area contributed by atoms with E-state index in [9.17, 15) is 0 Å². The lowest BCUT2D eigenvalue weighted by Gasteiger charge is -2.32. The standard InChI is InChI=1S/C15H23N3O/c1-2-6-16-15-8-12(5-7-17-15)9-18-10-13-3-4-14(11-18)19-13/h5,7-8,13-14H,2-4,6,9-11H2,1H3,(H,16,17). The minimum Gasteiger partial charge on any atom is -0.372 e. The van der Waals surface area contributed by atoms with Gasteiger partial charge in [-0.15, -0.1) is 0 Å². The Morgan fingerprint density at radius 2 is 2.16 bits per heavy atom. The van der Waals surface area contributed by atoms with Crippen LogP contribution in [0.1, 0.15) is 31.7 Å². The summed E-state index contributed by atoms with van der Waals surface area (Å²) in [6, 6.07) is 4.29. The largest absolute Gasteiger partial charge is 0.372 e. The van der Waals surface area contributed by atoms with Crippen molar-refractivity contribution in [3.63, 3.8) is 0 Å². The number of nitrogens with zero attached hydrogens (tertiary/aromatic N) is 2. The van der Waals surface area contributed by atoms with Crippen LogP contribution in [0.2, 0.25) is 0 Å². The second kappa shape index (κ2) is 5.88. The molecule has 2 aliphatic rings. The van der Waals surface area contributed by atoms with Gasteiger partial charge in [-0.3, -0.25) is 4.90 Å². The molecular formula is C15H23N3O. The minimum atomic E-state index is 0.471. The van der Waals surface area contributed by atoms with Gasteiger partial charge in [-0.2, -0.15) is 0 Å². The van der Waals surface area contributed by atoms with E-state index >= 15 is 0 Å². The number of likely N-dealkylation sites (tertiary alicyclic amines) is 1. The average Bonchev–Trinajstić information content (AvgIpc) is 2.76. The Morgan fingerprint density at radius 1 is 1.37 bits per heavy atom. The third-order valence-corrected chi connectivity index (χ3v) is 3.91. The molecule has 19 heavy (non-hydrogen) atoms. The van der Waals surface area contributed by atoms with Crippen LogP contribution in [0.3, 0.4) is 0 Å². The van der Waals surface area contributed by atoms with Gasteiger partial charge in [0.1, 0.15) is 5.82 Å². The Morgan fingerprint density at radius 3 is 2.89 bits per heavy atom. The van der Waals surface area contributed by atoms with Gasteiger partial charge in [-0.25, -0.2) is 4.98 Å². The molecular weight excluding hydrogens is 238 g/mol. The molecule has 2 unspecified atom stereocenters. The van der Waals surface area contributed by atoms with Gasteiger partial charge < -0.3 is 10.1 Å². The molecule has 1 aromatic heterocycles. The average molecular weight is 261 g/mol. The number of anilines is 1. The Hall–Kier alpha value is -1.13. The molecule has 3 heterocycles. The van der Waals surface area contributed by atoms with Crippen LogP contribution in [0.4, 0.5) is 5.82 Å². The van der Waals surface area contributed by atoms with Gasteiger partial charge in [0.2, 0.25) is 0 Å². The zero-order valence-corrected chi connectivity index (χ0v) is 11.6. The fourth-order valence-corrected chi connectivity index (χ4v) is 3.01. The monoisotopic (exact) mass is 261 g/mol. The number of pyridine rings is 1. The Labute approximate surface area is 115 Å². The van der Waals surface area contributed by atoms with Crippen molar-refractivity contribution < 1.29 is 4.74 Å². The Balaban J connectivity index is 1.60. The summed E-state index contributed by atoms with van der Waals surface area (Å²) in [5.74, 6) is 0.996. The highest BCUT2D eigenvalue weighted by molar-refractivity contribution is 5.37. The minimum absolute atomic E-state index is 0.471. The predicted molar refractivity (Wildman–Crippen MR) is 76.2 cm³/mol. The van der Waals surface area contributed by atoms with Crippen molar-refractivity contribution in [2.45, 2.75) is 44.9 Å². The van der Waals surface area contributed by atoms with E-state index in [0.29, 0.717) is 12.2 Å². The summed E-state index contributed by atoms with van der Waals surface area (Å²) in [7, 11) is 0. The smallest absolute Gasteiger partial charge is 0.126 e. The maximum atomic E-state index is 5.88. The first-order chi connectivity index (χ1) is 9.33. The van der Waals surface area contributed by atoms with Gasteiger partial charge in [0.05, 0.1) is 12.2 Å². The summed E-state index contributed by atoms with van der Waals surface area (Å²) in [4.78, 5) is 6.88. The van der Waals surface area contributed by atoms with Gasteiger partial charge in [-0.1, -0.05) is 6.92 Å². The van der Waals surface area contributed by atoms with Crippen molar-refractivity contribution in [3.8, 4) is 0 Å². The van der Waals surface area contributed by atoms with Crippen LogP contribution in [0, 0.1) is 0 Å². The highest BCUT2D eigenvalue weighted by Crippen LogP contribution is 2.27. The van der Waals surface area contributed by atoms with Crippen molar-refractivity contribution in [2.24, 2.45) is 0 Å². The lowest BCUT2D eigenvalue weighted by molar-refractivity contribution is -0.0410. The van der Waals surface area contributed by atoms with E-state index < -0.39 is 0 Å². The second-order valence-corrected chi connectivity index (χ2v) is 5.63. The maximum absolute atomic E-state index is 5.88. The fourth-order valence-electron chi connectivity index (χ4n) is 3.01. The fraction of sp³-hybridized carbons (Fsp3) is 0.667. The van der Waals surface area contributed by atoms with Gasteiger partial charge in [0.25, 0.3) is 0 Å². The van der Waals surface area contributed by atoms with Gasteiger partial charge in [0.15, 0.2) is 0 Å². The third-order valence-electron chi connectivity index (χ3n) is 3.91. The molecule has 4 nitrogen and oxygen atoms in total. The van der Waals surface area contributed by atoms with Crippen molar-refractivity contribution in [3.05, 3.63) is 23.9 Å². The lowest BCUT2D eigenvalue weighted by Crippen LogP contribution is -2.41. The van der Waals surface area contributed by atoms with E-state index in [2.05, 4.69) is 34.3 Å². The van der Waals surface area contributed by atoms with E-state index in [1.54, 1.807) is 0 Å². The zero-order valence-electron chi connectivity index (χ0n) is 11.6. The Kier molecular flexibility index (Phi) is 3.99. The molecule has 1 aromatic rings. The first kappa shape index (κ1) is 12.9. The SMILES string of the molecule is CCCNc1cc(CN2CC3CCC(C2)O3)ccn1. The third kappa shape index (κ3) is 3.25. The summed E-state index contributed by atoms with van der Waals surface area (Å²) in [5.41, 5.74) is 1.34. The molecule has 2 bridgehead atoms. The van der Waals surface area contributed by atoms with Gasteiger partial charge >= 0.3 is 0 Å². The molecule has 2 fully saturated rings. The quantitative estimate of drug-likeness (QED) is 0.882. The summed E-state index contributed by atoms with van der Waals surface area (Å²) in [5, 5.41) is 3.35. The predicted octanol–water partition coefficient (Wildman–Crippen LogP) is 2.27. The number of hydrogen-bond acceptors (Lipinski definition) is 4. The van der Waals surface area contributed by atoms with Gasteiger partial charge in [0, 0.05) is 32.4 Å². The van der Waals surface area contributed by atoms with Crippen LogP contribution in [-0.2, 0) is 11.3 Å². The molecule has 3 rings (SSSR count). The number of hydrogen-bond donors (Lipinski definition) is 1. The van der Waals surface area contributed by atoms with Gasteiger partial charge in [-0.05, 0) is 37.0 Å². The van der Waals surface area contributed by atoms with E-state index in [-0.39, 0.29) is 0 Å². The summed E-state index contributed by atoms with van der Waals surface area (Å²) in [6.45, 7) is 6.32. The van der Waals surface area contributed by atoms with E-state index in [0.717, 1.165) is 38.4 Å². The van der Waals surface area contributed by atoms with Crippen LogP contribution in [0.15, 0.2) is 18.3 Å². The molecule has 0 spiro atoms. The molecule has 1 N–H and O–H groups in total. The number of aromatic nitrogens is 1. The first-order valence-electron chi connectivity index (χ1n) is 7.40. The molecule has 0 saturated carbocycles. The molecule has 2 atom stereocenters. The lowest BCUT2D eigenvalue weighted by atomic mass is 10.2. The molecule has 0 amide bonds. The number of fused-ring (bicyclic) bond motifs is 2. The van der Waals surface area contributed by atoms with E-state index in [1.165, 1.54) is 18.4 Å².